The lowest BCUT2D eigenvalue weighted by Crippen LogP contribution is -2.23. The molecule has 4 heteroatoms. The van der Waals surface area contributed by atoms with Crippen molar-refractivity contribution in [3.63, 3.8) is 0 Å². The highest BCUT2D eigenvalue weighted by Gasteiger charge is 2.23. The highest BCUT2D eigenvalue weighted by Crippen LogP contribution is 2.20. The van der Waals surface area contributed by atoms with Gasteiger partial charge in [-0.15, -0.1) is 0 Å². The molecule has 2 rings (SSSR count). The first-order valence-corrected chi connectivity index (χ1v) is 4.31. The van der Waals surface area contributed by atoms with Gasteiger partial charge >= 0.3 is 0 Å². The second-order valence-electron chi connectivity index (χ2n) is 3.20. The molecule has 1 aliphatic heterocycles. The van der Waals surface area contributed by atoms with Gasteiger partial charge in [0.15, 0.2) is 11.6 Å². The third kappa shape index (κ3) is 1.62. The molecule has 1 fully saturated rings. The molecule has 1 aromatic heterocycles. The van der Waals surface area contributed by atoms with Crippen LogP contribution in [0.5, 0.6) is 0 Å². The third-order valence-electron chi connectivity index (χ3n) is 2.20. The summed E-state index contributed by atoms with van der Waals surface area (Å²) in [6.07, 6.45) is 1.90. The second kappa shape index (κ2) is 3.30. The Balaban J connectivity index is 2.21. The molecule has 0 aromatic carbocycles. The normalized spacial score (nSPS) is 22.3. The van der Waals surface area contributed by atoms with E-state index in [1.807, 2.05) is 0 Å². The second-order valence-corrected chi connectivity index (χ2v) is 3.20. The van der Waals surface area contributed by atoms with Gasteiger partial charge in [0.25, 0.3) is 0 Å². The minimum absolute atomic E-state index is 0.323. The van der Waals surface area contributed by atoms with Crippen molar-refractivity contribution in [1.29, 1.82) is 0 Å². The molecular weight excluding hydrogens is 171 g/mol. The molecule has 1 saturated heterocycles. The van der Waals surface area contributed by atoms with Crippen LogP contribution in [-0.2, 0) is 0 Å². The molecule has 3 nitrogen and oxygen atoms in total. The number of aliphatic hydroxyl groups excluding tert-OH is 1. The number of rotatable bonds is 1. The van der Waals surface area contributed by atoms with E-state index in [4.69, 9.17) is 0 Å². The van der Waals surface area contributed by atoms with E-state index in [2.05, 4.69) is 4.98 Å². The van der Waals surface area contributed by atoms with Crippen LogP contribution in [0.2, 0.25) is 0 Å². The minimum atomic E-state index is -0.346. The highest BCUT2D eigenvalue weighted by molar-refractivity contribution is 5.40. The third-order valence-corrected chi connectivity index (χ3v) is 2.20. The number of anilines is 1. The van der Waals surface area contributed by atoms with Crippen LogP contribution in [0.3, 0.4) is 0 Å². The molecule has 0 unspecified atom stereocenters. The van der Waals surface area contributed by atoms with Crippen molar-refractivity contribution in [3.8, 4) is 0 Å². The monoisotopic (exact) mass is 182 g/mol. The minimum Gasteiger partial charge on any atom is -0.391 e. The number of aromatic nitrogens is 1. The van der Waals surface area contributed by atoms with Crippen LogP contribution in [-0.4, -0.2) is 29.3 Å². The van der Waals surface area contributed by atoms with Crippen LogP contribution < -0.4 is 4.90 Å². The van der Waals surface area contributed by atoms with Crippen LogP contribution >= 0.6 is 0 Å². The molecule has 0 spiro atoms. The van der Waals surface area contributed by atoms with Crippen LogP contribution in [0, 0.1) is 5.82 Å². The van der Waals surface area contributed by atoms with Gasteiger partial charge in [0.05, 0.1) is 6.10 Å². The predicted molar refractivity (Wildman–Crippen MR) is 47.0 cm³/mol. The summed E-state index contributed by atoms with van der Waals surface area (Å²) in [5, 5.41) is 9.26. The zero-order valence-electron chi connectivity index (χ0n) is 7.15. The number of aliphatic hydroxyl groups is 1. The lowest BCUT2D eigenvalue weighted by Gasteiger charge is -2.16. The van der Waals surface area contributed by atoms with Crippen molar-refractivity contribution in [2.45, 2.75) is 12.5 Å². The van der Waals surface area contributed by atoms with Crippen molar-refractivity contribution in [3.05, 3.63) is 24.1 Å². The Labute approximate surface area is 75.8 Å². The predicted octanol–water partition coefficient (Wildman–Crippen LogP) is 0.792. The molecule has 0 bridgehead atoms. The van der Waals surface area contributed by atoms with Gasteiger partial charge in [-0.05, 0) is 18.6 Å². The van der Waals surface area contributed by atoms with E-state index in [1.165, 1.54) is 6.07 Å². The molecule has 13 heavy (non-hydrogen) atoms. The number of hydrogen-bond acceptors (Lipinski definition) is 3. The van der Waals surface area contributed by atoms with Gasteiger partial charge < -0.3 is 10.0 Å². The Morgan fingerprint density at radius 3 is 3.08 bits per heavy atom. The van der Waals surface area contributed by atoms with E-state index in [0.717, 1.165) is 0 Å². The summed E-state index contributed by atoms with van der Waals surface area (Å²) in [7, 11) is 0. The van der Waals surface area contributed by atoms with Crippen molar-refractivity contribution >= 4 is 5.82 Å². The molecule has 0 radical (unpaired) electrons. The first kappa shape index (κ1) is 8.44. The van der Waals surface area contributed by atoms with Gasteiger partial charge in [0.1, 0.15) is 0 Å². The van der Waals surface area contributed by atoms with Crippen molar-refractivity contribution in [1.82, 2.24) is 4.98 Å². The number of hydrogen-bond donors (Lipinski definition) is 1. The van der Waals surface area contributed by atoms with Gasteiger partial charge in [-0.3, -0.25) is 0 Å². The van der Waals surface area contributed by atoms with Crippen molar-refractivity contribution < 1.29 is 9.50 Å². The van der Waals surface area contributed by atoms with Crippen molar-refractivity contribution in [2.75, 3.05) is 18.0 Å². The fourth-order valence-electron chi connectivity index (χ4n) is 1.54. The molecule has 0 amide bonds. The molecule has 0 saturated carbocycles. The molecular formula is C9H11FN2O. The Morgan fingerprint density at radius 2 is 2.46 bits per heavy atom. The number of β-amino-alcohol motifs (C(OH)–C–C–N with tert-alkyl or cyclic N) is 1. The van der Waals surface area contributed by atoms with E-state index in [-0.39, 0.29) is 11.9 Å². The zero-order valence-corrected chi connectivity index (χ0v) is 7.15. The summed E-state index contributed by atoms with van der Waals surface area (Å²) in [6.45, 7) is 1.16. The van der Waals surface area contributed by atoms with E-state index in [1.54, 1.807) is 17.2 Å². The van der Waals surface area contributed by atoms with Gasteiger partial charge in [-0.2, -0.15) is 0 Å². The van der Waals surface area contributed by atoms with Gasteiger partial charge in [0.2, 0.25) is 0 Å². The SMILES string of the molecule is O[C@@H]1CCN(c2ncccc2F)C1. The average molecular weight is 182 g/mol. The van der Waals surface area contributed by atoms with Gasteiger partial charge in [-0.1, -0.05) is 0 Å². The molecule has 2 heterocycles. The van der Waals surface area contributed by atoms with Crippen LogP contribution in [0.4, 0.5) is 10.2 Å². The zero-order chi connectivity index (χ0) is 9.26. The maximum absolute atomic E-state index is 13.2. The van der Waals surface area contributed by atoms with Gasteiger partial charge in [0, 0.05) is 19.3 Å². The summed E-state index contributed by atoms with van der Waals surface area (Å²) in [5.74, 6) is 0.0238. The Hall–Kier alpha value is -1.16. The molecule has 1 N–H and O–H groups in total. The highest BCUT2D eigenvalue weighted by atomic mass is 19.1. The number of pyridine rings is 1. The quantitative estimate of drug-likeness (QED) is 0.697. The topological polar surface area (TPSA) is 36.4 Å². The summed E-state index contributed by atoms with van der Waals surface area (Å²) < 4.78 is 13.2. The average Bonchev–Trinajstić information content (AvgIpc) is 2.53. The molecule has 1 aliphatic rings. The van der Waals surface area contributed by atoms with Crippen LogP contribution in [0.25, 0.3) is 0 Å². The standard InChI is InChI=1S/C9H11FN2O/c10-8-2-1-4-11-9(8)12-5-3-7(13)6-12/h1-2,4,7,13H,3,5-6H2/t7-/m1/s1. The lowest BCUT2D eigenvalue weighted by molar-refractivity contribution is 0.198. The fourth-order valence-corrected chi connectivity index (χ4v) is 1.54. The van der Waals surface area contributed by atoms with E-state index >= 15 is 0 Å². The molecule has 70 valence electrons. The Kier molecular flexibility index (Phi) is 2.14. The molecule has 1 aromatic rings. The first-order chi connectivity index (χ1) is 6.27. The molecule has 0 aliphatic carbocycles. The first-order valence-electron chi connectivity index (χ1n) is 4.31. The van der Waals surface area contributed by atoms with Crippen LogP contribution in [0.1, 0.15) is 6.42 Å². The summed E-state index contributed by atoms with van der Waals surface area (Å²) in [5.41, 5.74) is 0. The fraction of sp³-hybridized carbons (Fsp3) is 0.444. The van der Waals surface area contributed by atoms with Crippen LogP contribution in [0.15, 0.2) is 18.3 Å². The largest absolute Gasteiger partial charge is 0.391 e. The Morgan fingerprint density at radius 1 is 1.62 bits per heavy atom. The van der Waals surface area contributed by atoms with E-state index < -0.39 is 0 Å². The number of halogens is 1. The molecule has 1 atom stereocenters. The number of nitrogens with zero attached hydrogens (tertiary/aromatic N) is 2. The maximum Gasteiger partial charge on any atom is 0.165 e. The summed E-state index contributed by atoms with van der Waals surface area (Å²) in [6, 6.07) is 2.94. The van der Waals surface area contributed by atoms with Crippen molar-refractivity contribution in [2.24, 2.45) is 0 Å². The maximum atomic E-state index is 13.2. The van der Waals surface area contributed by atoms with E-state index in [9.17, 15) is 9.50 Å². The van der Waals surface area contributed by atoms with Gasteiger partial charge in [-0.25, -0.2) is 9.37 Å². The summed E-state index contributed by atoms with van der Waals surface area (Å²) in [4.78, 5) is 5.70. The Bertz CT molecular complexity index is 305. The lowest BCUT2D eigenvalue weighted by atomic mass is 10.3. The summed E-state index contributed by atoms with van der Waals surface area (Å²) >= 11 is 0. The van der Waals surface area contributed by atoms with E-state index in [0.29, 0.717) is 25.3 Å². The smallest absolute Gasteiger partial charge is 0.165 e.